The first-order valence-electron chi connectivity index (χ1n) is 9.26. The molecule has 4 rings (SSSR count). The van der Waals surface area contributed by atoms with Crippen LogP contribution in [0.1, 0.15) is 52.4 Å². The molecule has 0 saturated heterocycles. The summed E-state index contributed by atoms with van der Waals surface area (Å²) in [5.41, 5.74) is -0.104. The third kappa shape index (κ3) is 4.22. The highest BCUT2D eigenvalue weighted by molar-refractivity contribution is 5.93. The van der Waals surface area contributed by atoms with Crippen molar-refractivity contribution in [2.45, 2.75) is 64.0 Å². The monoisotopic (exact) mass is 349 g/mol. The number of carbonyl (C=O) groups is 3. The van der Waals surface area contributed by atoms with Gasteiger partial charge in [-0.2, -0.15) is 0 Å². The molecule has 1 amide bonds. The summed E-state index contributed by atoms with van der Waals surface area (Å²) in [6, 6.07) is 0. The van der Waals surface area contributed by atoms with Gasteiger partial charge < -0.3 is 14.8 Å². The summed E-state index contributed by atoms with van der Waals surface area (Å²) in [6.07, 6.45) is 8.18. The fraction of sp³-hybridized carbons (Fsp3) is 0.737. The Labute approximate surface area is 148 Å². The largest absolute Gasteiger partial charge is 0.463 e. The van der Waals surface area contributed by atoms with Gasteiger partial charge in [0, 0.05) is 17.7 Å². The second-order valence-electron chi connectivity index (χ2n) is 7.85. The molecule has 4 saturated carbocycles. The molecule has 1 atom stereocenters. The van der Waals surface area contributed by atoms with E-state index in [2.05, 4.69) is 5.32 Å². The van der Waals surface area contributed by atoms with Crippen molar-refractivity contribution < 1.29 is 23.9 Å². The van der Waals surface area contributed by atoms with Crippen molar-refractivity contribution >= 4 is 17.8 Å². The molecule has 1 N–H and O–H groups in total. The van der Waals surface area contributed by atoms with Crippen molar-refractivity contribution in [3.8, 4) is 0 Å². The topological polar surface area (TPSA) is 81.7 Å². The quantitative estimate of drug-likeness (QED) is 0.587. The van der Waals surface area contributed by atoms with Crippen molar-refractivity contribution in [2.24, 2.45) is 17.8 Å². The highest BCUT2D eigenvalue weighted by atomic mass is 16.5. The van der Waals surface area contributed by atoms with Crippen LogP contribution in [0.5, 0.6) is 0 Å². The molecule has 138 valence electrons. The van der Waals surface area contributed by atoms with E-state index >= 15 is 0 Å². The van der Waals surface area contributed by atoms with Crippen LogP contribution in [0.4, 0.5) is 0 Å². The van der Waals surface area contributed by atoms with E-state index in [4.69, 9.17) is 9.47 Å². The van der Waals surface area contributed by atoms with Gasteiger partial charge in [0.15, 0.2) is 6.10 Å². The third-order valence-electron chi connectivity index (χ3n) is 5.73. The number of ether oxygens (including phenoxy) is 2. The van der Waals surface area contributed by atoms with Crippen LogP contribution in [-0.4, -0.2) is 36.1 Å². The SMILES string of the molecule is CCOC(=O)/C=C/C(=O)O[C@H](C)C(=O)NC12CC3CC(CC(C3)C1)C2. The molecule has 0 aromatic rings. The van der Waals surface area contributed by atoms with E-state index in [1.54, 1.807) is 13.8 Å². The molecule has 4 fully saturated rings. The highest BCUT2D eigenvalue weighted by Gasteiger charge is 2.51. The lowest BCUT2D eigenvalue weighted by Crippen LogP contribution is -2.61. The van der Waals surface area contributed by atoms with Crippen LogP contribution in [0.2, 0.25) is 0 Å². The molecule has 0 radical (unpaired) electrons. The Balaban J connectivity index is 1.51. The Kier molecular flexibility index (Phi) is 5.16. The van der Waals surface area contributed by atoms with Gasteiger partial charge in [0.05, 0.1) is 6.61 Å². The second-order valence-corrected chi connectivity index (χ2v) is 7.85. The van der Waals surface area contributed by atoms with Crippen LogP contribution >= 0.6 is 0 Å². The second kappa shape index (κ2) is 7.18. The van der Waals surface area contributed by atoms with Crippen LogP contribution in [0.15, 0.2) is 12.2 Å². The number of hydrogen-bond donors (Lipinski definition) is 1. The van der Waals surface area contributed by atoms with Crippen molar-refractivity contribution in [2.75, 3.05) is 6.61 Å². The van der Waals surface area contributed by atoms with Gasteiger partial charge in [0.25, 0.3) is 5.91 Å². The molecule has 4 bridgehead atoms. The van der Waals surface area contributed by atoms with Gasteiger partial charge in [0.1, 0.15) is 0 Å². The number of nitrogens with one attached hydrogen (secondary N) is 1. The molecule has 6 nitrogen and oxygen atoms in total. The molecule has 6 heteroatoms. The molecular weight excluding hydrogens is 322 g/mol. The normalized spacial score (nSPS) is 33.9. The molecule has 4 aliphatic carbocycles. The Morgan fingerprint density at radius 2 is 1.56 bits per heavy atom. The summed E-state index contributed by atoms with van der Waals surface area (Å²) in [4.78, 5) is 35.4. The number of amides is 1. The van der Waals surface area contributed by atoms with Crippen LogP contribution in [-0.2, 0) is 23.9 Å². The van der Waals surface area contributed by atoms with Crippen LogP contribution in [0, 0.1) is 17.8 Å². The van der Waals surface area contributed by atoms with Crippen molar-refractivity contribution in [1.29, 1.82) is 0 Å². The van der Waals surface area contributed by atoms with Gasteiger partial charge in [0.2, 0.25) is 0 Å². The lowest BCUT2D eigenvalue weighted by atomic mass is 9.53. The zero-order valence-electron chi connectivity index (χ0n) is 15.0. The predicted octanol–water partition coefficient (Wildman–Crippen LogP) is 2.12. The van der Waals surface area contributed by atoms with Gasteiger partial charge in [-0.05, 0) is 70.1 Å². The average molecular weight is 349 g/mol. The van der Waals surface area contributed by atoms with E-state index in [9.17, 15) is 14.4 Å². The maximum Gasteiger partial charge on any atom is 0.331 e. The van der Waals surface area contributed by atoms with Crippen molar-refractivity contribution in [3.63, 3.8) is 0 Å². The minimum atomic E-state index is -0.882. The van der Waals surface area contributed by atoms with E-state index in [1.165, 1.54) is 19.3 Å². The van der Waals surface area contributed by atoms with Gasteiger partial charge >= 0.3 is 11.9 Å². The molecule has 0 unspecified atom stereocenters. The summed E-state index contributed by atoms with van der Waals surface area (Å²) in [7, 11) is 0. The van der Waals surface area contributed by atoms with Crippen molar-refractivity contribution in [3.05, 3.63) is 12.2 Å². The molecule has 0 aromatic heterocycles. The predicted molar refractivity (Wildman–Crippen MR) is 90.4 cm³/mol. The van der Waals surface area contributed by atoms with Gasteiger partial charge in [-0.1, -0.05) is 0 Å². The maximum atomic E-state index is 12.5. The van der Waals surface area contributed by atoms with E-state index in [0.717, 1.165) is 49.2 Å². The smallest absolute Gasteiger partial charge is 0.331 e. The first-order valence-corrected chi connectivity index (χ1v) is 9.26. The minimum absolute atomic E-state index is 0.104. The van der Waals surface area contributed by atoms with Crippen LogP contribution in [0.25, 0.3) is 0 Å². The highest BCUT2D eigenvalue weighted by Crippen LogP contribution is 2.55. The number of hydrogen-bond acceptors (Lipinski definition) is 5. The van der Waals surface area contributed by atoms with Crippen molar-refractivity contribution in [1.82, 2.24) is 5.32 Å². The summed E-state index contributed by atoms with van der Waals surface area (Å²) in [6.45, 7) is 3.48. The van der Waals surface area contributed by atoms with Gasteiger partial charge in [-0.3, -0.25) is 4.79 Å². The zero-order valence-corrected chi connectivity index (χ0v) is 15.0. The summed E-state index contributed by atoms with van der Waals surface area (Å²) >= 11 is 0. The molecule has 0 aromatic carbocycles. The lowest BCUT2D eigenvalue weighted by molar-refractivity contribution is -0.152. The summed E-state index contributed by atoms with van der Waals surface area (Å²) in [5.74, 6) is 0.622. The Morgan fingerprint density at radius 3 is 2.08 bits per heavy atom. The molecular formula is C19H27NO5. The van der Waals surface area contributed by atoms with E-state index in [0.29, 0.717) is 0 Å². The number of esters is 2. The fourth-order valence-corrected chi connectivity index (χ4v) is 5.22. The van der Waals surface area contributed by atoms with Gasteiger partial charge in [-0.15, -0.1) is 0 Å². The Morgan fingerprint density at radius 1 is 1.04 bits per heavy atom. The van der Waals surface area contributed by atoms with Gasteiger partial charge in [-0.25, -0.2) is 9.59 Å². The summed E-state index contributed by atoms with van der Waals surface area (Å²) in [5, 5.41) is 3.18. The first-order chi connectivity index (χ1) is 11.9. The Bertz CT molecular complexity index is 547. The van der Waals surface area contributed by atoms with Crippen LogP contribution < -0.4 is 5.32 Å². The Hall–Kier alpha value is -1.85. The van der Waals surface area contributed by atoms with Crippen LogP contribution in [0.3, 0.4) is 0 Å². The van der Waals surface area contributed by atoms with E-state index < -0.39 is 18.0 Å². The lowest BCUT2D eigenvalue weighted by Gasteiger charge is -2.57. The first kappa shape index (κ1) is 18.0. The van der Waals surface area contributed by atoms with E-state index in [-0.39, 0.29) is 18.1 Å². The fourth-order valence-electron chi connectivity index (χ4n) is 5.22. The maximum absolute atomic E-state index is 12.5. The minimum Gasteiger partial charge on any atom is -0.463 e. The van der Waals surface area contributed by atoms with E-state index in [1.807, 2.05) is 0 Å². The molecule has 4 aliphatic rings. The number of rotatable bonds is 6. The standard InChI is InChI=1S/C19H27NO5/c1-3-24-16(21)4-5-17(22)25-12(2)18(23)20-19-9-13-6-14(10-19)8-15(7-13)11-19/h4-5,12-15H,3,6-11H2,1-2H3,(H,20,23)/b5-4+/t12-,13?,14?,15?,19?/m1/s1. The molecule has 25 heavy (non-hydrogen) atoms. The summed E-state index contributed by atoms with van der Waals surface area (Å²) < 4.78 is 9.80. The zero-order chi connectivity index (χ0) is 18.0. The average Bonchev–Trinajstić information content (AvgIpc) is 2.51. The molecule has 0 aliphatic heterocycles. The third-order valence-corrected chi connectivity index (χ3v) is 5.73. The molecule has 0 spiro atoms. The molecule has 0 heterocycles. The number of carbonyl (C=O) groups excluding carboxylic acids is 3.